The minimum atomic E-state index is -0.292. The molecular formula is C19H21FN4S. The summed E-state index contributed by atoms with van der Waals surface area (Å²) in [5, 5.41) is 8.96. The van der Waals surface area contributed by atoms with E-state index in [1.54, 1.807) is 42.1 Å². The van der Waals surface area contributed by atoms with Crippen LogP contribution in [0, 0.1) is 11.3 Å². The SMILES string of the molecule is C=N/C(=C\C=C(\F)CC1CSC(C)(C)C(N)=N1)c1cccc(C#N)c1. The van der Waals surface area contributed by atoms with Crippen molar-refractivity contribution in [1.82, 2.24) is 0 Å². The fraction of sp³-hybridized carbons (Fsp3) is 0.316. The highest BCUT2D eigenvalue weighted by Gasteiger charge is 2.30. The van der Waals surface area contributed by atoms with E-state index in [1.807, 2.05) is 13.8 Å². The second-order valence-corrected chi connectivity index (χ2v) is 7.85. The molecule has 0 radical (unpaired) electrons. The minimum Gasteiger partial charge on any atom is -0.386 e. The molecule has 130 valence electrons. The first-order chi connectivity index (χ1) is 11.9. The largest absolute Gasteiger partial charge is 0.386 e. The van der Waals surface area contributed by atoms with Gasteiger partial charge in [0.1, 0.15) is 11.7 Å². The van der Waals surface area contributed by atoms with E-state index in [1.165, 1.54) is 6.08 Å². The Morgan fingerprint density at radius 1 is 1.56 bits per heavy atom. The van der Waals surface area contributed by atoms with Crippen LogP contribution >= 0.6 is 11.8 Å². The number of nitrogens with two attached hydrogens (primary N) is 1. The van der Waals surface area contributed by atoms with Crippen LogP contribution in [-0.2, 0) is 0 Å². The van der Waals surface area contributed by atoms with Gasteiger partial charge in [-0.15, -0.1) is 11.8 Å². The van der Waals surface area contributed by atoms with Gasteiger partial charge in [0.05, 0.1) is 28.1 Å². The van der Waals surface area contributed by atoms with Gasteiger partial charge in [0.2, 0.25) is 0 Å². The van der Waals surface area contributed by atoms with Gasteiger partial charge in [0.25, 0.3) is 0 Å². The summed E-state index contributed by atoms with van der Waals surface area (Å²) in [6, 6.07) is 8.86. The third-order valence-corrected chi connectivity index (χ3v) is 5.37. The zero-order chi connectivity index (χ0) is 18.4. The Morgan fingerprint density at radius 3 is 2.96 bits per heavy atom. The molecule has 0 aliphatic carbocycles. The molecule has 1 atom stereocenters. The van der Waals surface area contributed by atoms with Crippen molar-refractivity contribution in [3.05, 3.63) is 53.4 Å². The number of hydrogen-bond donors (Lipinski definition) is 1. The Bertz CT molecular complexity index is 787. The van der Waals surface area contributed by atoms with Crippen molar-refractivity contribution in [2.24, 2.45) is 15.7 Å². The molecule has 0 aromatic heterocycles. The van der Waals surface area contributed by atoms with Crippen LogP contribution in [0.5, 0.6) is 0 Å². The van der Waals surface area contributed by atoms with E-state index in [0.717, 1.165) is 11.3 Å². The molecule has 0 saturated heterocycles. The summed E-state index contributed by atoms with van der Waals surface area (Å²) < 4.78 is 14.1. The number of benzene rings is 1. The van der Waals surface area contributed by atoms with Crippen LogP contribution in [0.25, 0.3) is 5.70 Å². The van der Waals surface area contributed by atoms with Crippen LogP contribution < -0.4 is 5.73 Å². The number of amidine groups is 1. The molecular weight excluding hydrogens is 335 g/mol. The highest BCUT2D eigenvalue weighted by molar-refractivity contribution is 8.01. The molecule has 0 amide bonds. The smallest absolute Gasteiger partial charge is 0.110 e. The second kappa shape index (κ2) is 8.13. The zero-order valence-corrected chi connectivity index (χ0v) is 15.2. The quantitative estimate of drug-likeness (QED) is 0.638. The monoisotopic (exact) mass is 356 g/mol. The van der Waals surface area contributed by atoms with Crippen LogP contribution in [0.2, 0.25) is 0 Å². The summed E-state index contributed by atoms with van der Waals surface area (Å²) in [4.78, 5) is 8.33. The van der Waals surface area contributed by atoms with E-state index in [0.29, 0.717) is 17.1 Å². The lowest BCUT2D eigenvalue weighted by Crippen LogP contribution is -2.41. The topological polar surface area (TPSA) is 74.5 Å². The highest BCUT2D eigenvalue weighted by Crippen LogP contribution is 2.32. The lowest BCUT2D eigenvalue weighted by molar-refractivity contribution is 0.552. The van der Waals surface area contributed by atoms with Crippen LogP contribution in [-0.4, -0.2) is 29.1 Å². The van der Waals surface area contributed by atoms with Crippen molar-refractivity contribution in [2.75, 3.05) is 5.75 Å². The first-order valence-electron chi connectivity index (χ1n) is 7.87. The van der Waals surface area contributed by atoms with E-state index in [2.05, 4.69) is 22.8 Å². The summed E-state index contributed by atoms with van der Waals surface area (Å²) in [5.74, 6) is 0.994. The lowest BCUT2D eigenvalue weighted by Gasteiger charge is -2.30. The number of nitriles is 1. The van der Waals surface area contributed by atoms with Gasteiger partial charge in [-0.05, 0) is 44.8 Å². The first kappa shape index (κ1) is 18.9. The summed E-state index contributed by atoms with van der Waals surface area (Å²) in [6.07, 6.45) is 3.13. The normalized spacial score (nSPS) is 20.6. The Morgan fingerprint density at radius 2 is 2.32 bits per heavy atom. The maximum atomic E-state index is 14.2. The highest BCUT2D eigenvalue weighted by atomic mass is 32.2. The summed E-state index contributed by atoms with van der Waals surface area (Å²) in [7, 11) is 0. The fourth-order valence-corrected chi connectivity index (χ4v) is 3.33. The molecule has 6 heteroatoms. The molecule has 1 unspecified atom stereocenters. The van der Waals surface area contributed by atoms with Gasteiger partial charge >= 0.3 is 0 Å². The third kappa shape index (κ3) is 5.04. The lowest BCUT2D eigenvalue weighted by atomic mass is 10.1. The molecule has 2 N–H and O–H groups in total. The first-order valence-corrected chi connectivity index (χ1v) is 8.85. The third-order valence-electron chi connectivity index (χ3n) is 3.89. The second-order valence-electron chi connectivity index (χ2n) is 6.21. The molecule has 1 aliphatic rings. The number of nitrogens with zero attached hydrogens (tertiary/aromatic N) is 3. The summed E-state index contributed by atoms with van der Waals surface area (Å²) in [6.45, 7) is 7.54. The predicted octanol–water partition coefficient (Wildman–Crippen LogP) is 4.09. The van der Waals surface area contributed by atoms with Gasteiger partial charge < -0.3 is 5.73 Å². The van der Waals surface area contributed by atoms with E-state index in [9.17, 15) is 4.39 Å². The van der Waals surface area contributed by atoms with Crippen LogP contribution in [0.3, 0.4) is 0 Å². The van der Waals surface area contributed by atoms with Gasteiger partial charge in [0.15, 0.2) is 0 Å². The van der Waals surface area contributed by atoms with Gasteiger partial charge in [0, 0.05) is 17.7 Å². The standard InChI is InChI=1S/C19H21FN4S/c1-19(2)18(22)24-16(12-25-19)10-15(20)7-8-17(23-3)14-6-4-5-13(9-14)11-21/h4-9,16H,3,10,12H2,1-2H3,(H2,22,24)/b15-7+,17-8-. The van der Waals surface area contributed by atoms with Crippen molar-refractivity contribution in [2.45, 2.75) is 31.1 Å². The molecule has 0 bridgehead atoms. The van der Waals surface area contributed by atoms with E-state index in [-0.39, 0.29) is 23.0 Å². The van der Waals surface area contributed by atoms with Crippen molar-refractivity contribution < 1.29 is 4.39 Å². The van der Waals surface area contributed by atoms with Crippen LogP contribution in [0.4, 0.5) is 4.39 Å². The minimum absolute atomic E-state index is 0.162. The number of allylic oxidation sites excluding steroid dienone is 2. The summed E-state index contributed by atoms with van der Waals surface area (Å²) >= 11 is 1.68. The molecule has 1 aromatic rings. The summed E-state index contributed by atoms with van der Waals surface area (Å²) in [5.41, 5.74) is 7.69. The maximum absolute atomic E-state index is 14.2. The molecule has 1 heterocycles. The molecule has 1 aliphatic heterocycles. The van der Waals surface area contributed by atoms with Gasteiger partial charge in [-0.1, -0.05) is 12.1 Å². The molecule has 4 nitrogen and oxygen atoms in total. The number of halogens is 1. The van der Waals surface area contributed by atoms with Crippen LogP contribution in [0.15, 0.2) is 52.2 Å². The number of hydrogen-bond acceptors (Lipinski definition) is 5. The number of rotatable bonds is 5. The predicted molar refractivity (Wildman–Crippen MR) is 104 cm³/mol. The molecule has 1 aromatic carbocycles. The van der Waals surface area contributed by atoms with E-state index >= 15 is 0 Å². The van der Waals surface area contributed by atoms with Crippen molar-refractivity contribution in [1.29, 1.82) is 5.26 Å². The Kier molecular flexibility index (Phi) is 6.16. The molecule has 0 spiro atoms. The van der Waals surface area contributed by atoms with Gasteiger partial charge in [-0.2, -0.15) is 5.26 Å². The average molecular weight is 356 g/mol. The van der Waals surface area contributed by atoms with E-state index in [4.69, 9.17) is 11.0 Å². The zero-order valence-electron chi connectivity index (χ0n) is 14.4. The van der Waals surface area contributed by atoms with Crippen LogP contribution in [0.1, 0.15) is 31.4 Å². The van der Waals surface area contributed by atoms with Crippen molar-refractivity contribution in [3.8, 4) is 6.07 Å². The number of thioether (sulfide) groups is 1. The maximum Gasteiger partial charge on any atom is 0.110 e. The Balaban J connectivity index is 2.13. The fourth-order valence-electron chi connectivity index (χ4n) is 2.32. The van der Waals surface area contributed by atoms with Gasteiger partial charge in [-0.3, -0.25) is 9.98 Å². The molecule has 0 saturated carbocycles. The van der Waals surface area contributed by atoms with E-state index < -0.39 is 0 Å². The van der Waals surface area contributed by atoms with Crippen molar-refractivity contribution >= 4 is 30.0 Å². The average Bonchev–Trinajstić information content (AvgIpc) is 2.59. The molecule has 25 heavy (non-hydrogen) atoms. The molecule has 2 rings (SSSR count). The molecule has 0 fully saturated rings. The number of aliphatic imine (C=N–C) groups is 2. The Labute approximate surface area is 152 Å². The van der Waals surface area contributed by atoms with Gasteiger partial charge in [-0.25, -0.2) is 4.39 Å². The van der Waals surface area contributed by atoms with Crippen molar-refractivity contribution in [3.63, 3.8) is 0 Å². The Hall–Kier alpha value is -2.39.